The van der Waals surface area contributed by atoms with E-state index < -0.39 is 5.97 Å². The molecule has 3 N–H and O–H groups in total. The van der Waals surface area contributed by atoms with E-state index in [0.29, 0.717) is 34.0 Å². The molecule has 0 atom stereocenters. The molecule has 0 amide bonds. The highest BCUT2D eigenvalue weighted by atomic mass is 35.5. The fraction of sp³-hybridized carbons (Fsp3) is 0.176. The molecule has 0 bridgehead atoms. The molecule has 8 heteroatoms. The van der Waals surface area contributed by atoms with Gasteiger partial charge in [-0.15, -0.1) is 0 Å². The van der Waals surface area contributed by atoms with Gasteiger partial charge in [-0.2, -0.15) is 5.10 Å². The minimum atomic E-state index is -1.00. The van der Waals surface area contributed by atoms with Crippen LogP contribution in [0.4, 0.5) is 11.6 Å². The Kier molecular flexibility index (Phi) is 3.85. The molecule has 1 aliphatic rings. The second kappa shape index (κ2) is 6.18. The SMILES string of the molecule is O=C(O)c1cccc(-c2ncc(Cl)c(Nc3cc(C4CC4)[nH]n3)n2)c1.[HH].[HH]. The van der Waals surface area contributed by atoms with Crippen LogP contribution >= 0.6 is 11.6 Å². The summed E-state index contributed by atoms with van der Waals surface area (Å²) in [6.45, 7) is 0. The summed E-state index contributed by atoms with van der Waals surface area (Å²) < 4.78 is 0. The van der Waals surface area contributed by atoms with Gasteiger partial charge in [-0.1, -0.05) is 23.7 Å². The van der Waals surface area contributed by atoms with Crippen LogP contribution in [0, 0.1) is 0 Å². The van der Waals surface area contributed by atoms with Crippen molar-refractivity contribution in [2.75, 3.05) is 5.32 Å². The van der Waals surface area contributed by atoms with Gasteiger partial charge in [0.2, 0.25) is 0 Å². The number of H-pyrrole nitrogens is 1. The molecule has 1 aromatic carbocycles. The lowest BCUT2D eigenvalue weighted by atomic mass is 10.1. The third-order valence-electron chi connectivity index (χ3n) is 3.97. The summed E-state index contributed by atoms with van der Waals surface area (Å²) in [7, 11) is 0. The van der Waals surface area contributed by atoms with Gasteiger partial charge in [0.1, 0.15) is 5.02 Å². The molecular formula is C17H18ClN5O2. The molecule has 3 aromatic rings. The van der Waals surface area contributed by atoms with Crippen LogP contribution in [0.3, 0.4) is 0 Å². The normalized spacial score (nSPS) is 13.6. The van der Waals surface area contributed by atoms with Crippen LogP contribution in [0.25, 0.3) is 11.4 Å². The zero-order valence-corrected chi connectivity index (χ0v) is 13.8. The molecule has 0 aliphatic heterocycles. The quantitative estimate of drug-likeness (QED) is 0.626. The topological polar surface area (TPSA) is 104 Å². The predicted molar refractivity (Wildman–Crippen MR) is 97.5 cm³/mol. The number of carboxylic acids is 1. The number of anilines is 2. The average Bonchev–Trinajstić information content (AvgIpc) is 3.36. The number of carbonyl (C=O) groups is 1. The number of rotatable bonds is 5. The highest BCUT2D eigenvalue weighted by Gasteiger charge is 2.25. The standard InChI is InChI=1S/C17H14ClN5O2.2H2/c18-12-8-19-15(10-2-1-3-11(6-10)17(24)25)21-16(12)20-14-7-13(22-23-14)9-4-5-9;;/h1-3,6-9H,4-5H2,(H,24,25)(H2,19,20,21,22,23);2*1H. The monoisotopic (exact) mass is 359 g/mol. The predicted octanol–water partition coefficient (Wildman–Crippen LogP) is 4.33. The van der Waals surface area contributed by atoms with Crippen LogP contribution in [-0.4, -0.2) is 31.2 Å². The van der Waals surface area contributed by atoms with Crippen LogP contribution in [0.1, 0.15) is 37.7 Å². The van der Waals surface area contributed by atoms with E-state index in [2.05, 4.69) is 25.5 Å². The van der Waals surface area contributed by atoms with Crippen LogP contribution in [0.5, 0.6) is 0 Å². The molecule has 2 aromatic heterocycles. The van der Waals surface area contributed by atoms with Crippen molar-refractivity contribution < 1.29 is 12.8 Å². The van der Waals surface area contributed by atoms with E-state index >= 15 is 0 Å². The molecule has 4 rings (SSSR count). The smallest absolute Gasteiger partial charge is 0.335 e. The molecule has 0 unspecified atom stereocenters. The van der Waals surface area contributed by atoms with Crippen molar-refractivity contribution in [1.29, 1.82) is 0 Å². The Balaban J connectivity index is 0.00000131. The van der Waals surface area contributed by atoms with E-state index in [4.69, 9.17) is 16.7 Å². The number of nitrogens with one attached hydrogen (secondary N) is 2. The molecule has 0 spiro atoms. The van der Waals surface area contributed by atoms with Gasteiger partial charge < -0.3 is 10.4 Å². The molecule has 1 saturated carbocycles. The van der Waals surface area contributed by atoms with Gasteiger partial charge >= 0.3 is 5.97 Å². The first-order valence-corrected chi connectivity index (χ1v) is 8.16. The Labute approximate surface area is 151 Å². The molecule has 2 heterocycles. The fourth-order valence-electron chi connectivity index (χ4n) is 2.51. The number of hydrogen-bond acceptors (Lipinski definition) is 5. The van der Waals surface area contributed by atoms with E-state index in [9.17, 15) is 4.79 Å². The zero-order valence-electron chi connectivity index (χ0n) is 13.0. The molecule has 25 heavy (non-hydrogen) atoms. The van der Waals surface area contributed by atoms with Crippen LogP contribution < -0.4 is 5.32 Å². The minimum absolute atomic E-state index is 0. The summed E-state index contributed by atoms with van der Waals surface area (Å²) in [5, 5.41) is 19.8. The lowest BCUT2D eigenvalue weighted by Crippen LogP contribution is -2.00. The van der Waals surface area contributed by atoms with Gasteiger partial charge in [0.15, 0.2) is 17.5 Å². The van der Waals surface area contributed by atoms with Crippen LogP contribution in [-0.2, 0) is 0 Å². The fourth-order valence-corrected chi connectivity index (χ4v) is 2.65. The van der Waals surface area contributed by atoms with Gasteiger partial charge in [0.05, 0.1) is 11.8 Å². The van der Waals surface area contributed by atoms with Crippen LogP contribution in [0.15, 0.2) is 36.5 Å². The molecule has 7 nitrogen and oxygen atoms in total. The first-order valence-electron chi connectivity index (χ1n) is 7.79. The molecule has 1 fully saturated rings. The number of benzene rings is 1. The van der Waals surface area contributed by atoms with Gasteiger partial charge in [-0.25, -0.2) is 14.8 Å². The average molecular weight is 360 g/mol. The highest BCUT2D eigenvalue weighted by Crippen LogP contribution is 2.39. The largest absolute Gasteiger partial charge is 0.478 e. The maximum atomic E-state index is 11.1. The Morgan fingerprint density at radius 1 is 1.36 bits per heavy atom. The second-order valence-corrected chi connectivity index (χ2v) is 6.29. The summed E-state index contributed by atoms with van der Waals surface area (Å²) in [4.78, 5) is 19.7. The van der Waals surface area contributed by atoms with Crippen molar-refractivity contribution in [3.63, 3.8) is 0 Å². The molecular weight excluding hydrogens is 342 g/mol. The van der Waals surface area contributed by atoms with E-state index in [1.54, 1.807) is 12.1 Å². The number of hydrogen-bond donors (Lipinski definition) is 3. The first-order chi connectivity index (χ1) is 12.1. The molecule has 1 aliphatic carbocycles. The van der Waals surface area contributed by atoms with Crippen LogP contribution in [0.2, 0.25) is 5.02 Å². The number of halogens is 1. The summed E-state index contributed by atoms with van der Waals surface area (Å²) in [5.41, 5.74) is 1.87. The Morgan fingerprint density at radius 3 is 2.96 bits per heavy atom. The summed E-state index contributed by atoms with van der Waals surface area (Å²) in [6, 6.07) is 8.39. The van der Waals surface area contributed by atoms with Crippen molar-refractivity contribution in [3.05, 3.63) is 52.8 Å². The summed E-state index contributed by atoms with van der Waals surface area (Å²) in [5.74, 6) is 0.999. The second-order valence-electron chi connectivity index (χ2n) is 5.88. The summed E-state index contributed by atoms with van der Waals surface area (Å²) >= 11 is 6.18. The van der Waals surface area contributed by atoms with Gasteiger partial charge in [0.25, 0.3) is 0 Å². The third-order valence-corrected chi connectivity index (χ3v) is 4.25. The highest BCUT2D eigenvalue weighted by molar-refractivity contribution is 6.32. The van der Waals surface area contributed by atoms with Crippen molar-refractivity contribution in [1.82, 2.24) is 20.2 Å². The maximum Gasteiger partial charge on any atom is 0.335 e. The van der Waals surface area contributed by atoms with E-state index in [1.807, 2.05) is 6.07 Å². The number of aromatic amines is 1. The third kappa shape index (κ3) is 3.32. The van der Waals surface area contributed by atoms with Crippen molar-refractivity contribution in [3.8, 4) is 11.4 Å². The van der Waals surface area contributed by atoms with Gasteiger partial charge in [-0.05, 0) is 25.0 Å². The lowest BCUT2D eigenvalue weighted by molar-refractivity contribution is 0.0697. The minimum Gasteiger partial charge on any atom is -0.478 e. The number of aromatic carboxylic acids is 1. The Hall–Kier alpha value is -2.93. The maximum absolute atomic E-state index is 11.1. The van der Waals surface area contributed by atoms with Crippen molar-refractivity contribution >= 4 is 29.2 Å². The van der Waals surface area contributed by atoms with E-state index in [1.165, 1.54) is 31.2 Å². The number of aromatic nitrogens is 4. The number of nitrogens with zero attached hydrogens (tertiary/aromatic N) is 3. The summed E-state index contributed by atoms with van der Waals surface area (Å²) in [6.07, 6.45) is 3.84. The Morgan fingerprint density at radius 2 is 2.20 bits per heavy atom. The van der Waals surface area contributed by atoms with Gasteiger partial charge in [-0.3, -0.25) is 5.10 Å². The number of carboxylic acid groups (broad SMARTS) is 1. The zero-order chi connectivity index (χ0) is 17.4. The molecule has 0 radical (unpaired) electrons. The van der Waals surface area contributed by atoms with Crippen molar-refractivity contribution in [2.45, 2.75) is 18.8 Å². The first kappa shape index (κ1) is 15.6. The van der Waals surface area contributed by atoms with Gasteiger partial charge in [0, 0.05) is 26.1 Å². The van der Waals surface area contributed by atoms with E-state index in [-0.39, 0.29) is 8.42 Å². The Bertz CT molecular complexity index is 962. The lowest BCUT2D eigenvalue weighted by Gasteiger charge is -2.07. The van der Waals surface area contributed by atoms with E-state index in [0.717, 1.165) is 5.69 Å². The molecule has 130 valence electrons. The molecule has 0 saturated heterocycles. The van der Waals surface area contributed by atoms with Crippen molar-refractivity contribution in [2.24, 2.45) is 0 Å².